The average molecular weight is 248 g/mol. The monoisotopic (exact) mass is 248 g/mol. The first-order valence-electron chi connectivity index (χ1n) is 6.10. The number of unbranched alkanes of at least 4 members (excludes halogenated alkanes) is 1. The van der Waals surface area contributed by atoms with Gasteiger partial charge in [0, 0.05) is 0 Å². The van der Waals surface area contributed by atoms with Crippen molar-refractivity contribution in [2.45, 2.75) is 65.0 Å². The van der Waals surface area contributed by atoms with Gasteiger partial charge >= 0.3 is 7.60 Å². The fourth-order valence-electron chi connectivity index (χ4n) is 2.32. The van der Waals surface area contributed by atoms with E-state index in [1.807, 2.05) is 26.8 Å². The van der Waals surface area contributed by atoms with Crippen LogP contribution >= 0.6 is 7.60 Å². The highest BCUT2D eigenvalue weighted by Crippen LogP contribution is 2.59. The summed E-state index contributed by atoms with van der Waals surface area (Å²) in [5.74, 6) is 0. The highest BCUT2D eigenvalue weighted by molar-refractivity contribution is 7.53. The van der Waals surface area contributed by atoms with E-state index in [1.165, 1.54) is 0 Å². The van der Waals surface area contributed by atoms with Crippen molar-refractivity contribution >= 4 is 7.60 Å². The molecule has 0 unspecified atom stereocenters. The second kappa shape index (κ2) is 6.58. The molecule has 0 aromatic heterocycles. The van der Waals surface area contributed by atoms with Crippen LogP contribution in [0.4, 0.5) is 0 Å². The lowest BCUT2D eigenvalue weighted by molar-refractivity contribution is 0.326. The van der Waals surface area contributed by atoms with E-state index in [1.54, 1.807) is 0 Å². The highest BCUT2D eigenvalue weighted by atomic mass is 31.2. The Balaban J connectivity index is 5.24. The third kappa shape index (κ3) is 3.19. The Morgan fingerprint density at radius 1 is 1.25 bits per heavy atom. The number of hydrogen-bond donors (Lipinski definition) is 2. The lowest BCUT2D eigenvalue weighted by Crippen LogP contribution is -2.30. The summed E-state index contributed by atoms with van der Waals surface area (Å²) in [6.45, 7) is 7.68. The second-order valence-corrected chi connectivity index (χ2v) is 6.14. The van der Waals surface area contributed by atoms with E-state index in [2.05, 4.69) is 6.92 Å². The molecule has 0 rings (SSSR count). The van der Waals surface area contributed by atoms with Gasteiger partial charge in [-0.2, -0.15) is 0 Å². The minimum Gasteiger partial charge on any atom is -0.324 e. The topological polar surface area (TPSA) is 57.5 Å². The molecule has 0 aliphatic heterocycles. The fraction of sp³-hybridized carbons (Fsp3) is 0.833. The van der Waals surface area contributed by atoms with Crippen LogP contribution in [0.2, 0.25) is 0 Å². The summed E-state index contributed by atoms with van der Waals surface area (Å²) in [6, 6.07) is 0. The fourth-order valence-corrected chi connectivity index (χ4v) is 3.75. The van der Waals surface area contributed by atoms with Crippen molar-refractivity contribution < 1.29 is 14.4 Å². The standard InChI is InChI=1S/C12H25O3P/c1-5-9-10-11(6-2)12(7-3,8-4)16(13,14)15/h6H,5,7-10H2,1-4H3,(H2,13,14,15). The molecule has 4 heteroatoms. The van der Waals surface area contributed by atoms with Crippen molar-refractivity contribution in [1.82, 2.24) is 0 Å². The Morgan fingerprint density at radius 2 is 1.75 bits per heavy atom. The molecule has 0 aliphatic rings. The lowest BCUT2D eigenvalue weighted by atomic mass is 9.88. The van der Waals surface area contributed by atoms with Gasteiger partial charge in [-0.15, -0.1) is 0 Å². The quantitative estimate of drug-likeness (QED) is 0.531. The first-order valence-corrected chi connectivity index (χ1v) is 7.72. The zero-order valence-electron chi connectivity index (χ0n) is 10.9. The van der Waals surface area contributed by atoms with E-state index in [0.717, 1.165) is 24.8 Å². The van der Waals surface area contributed by atoms with Gasteiger partial charge in [0.2, 0.25) is 0 Å². The maximum absolute atomic E-state index is 11.7. The molecule has 96 valence electrons. The van der Waals surface area contributed by atoms with Gasteiger partial charge in [0.15, 0.2) is 0 Å². The van der Waals surface area contributed by atoms with Gasteiger partial charge in [0.05, 0.1) is 5.16 Å². The predicted molar refractivity (Wildman–Crippen MR) is 68.6 cm³/mol. The Labute approximate surface area is 99.1 Å². The molecule has 0 atom stereocenters. The van der Waals surface area contributed by atoms with Crippen molar-refractivity contribution in [3.05, 3.63) is 11.6 Å². The Morgan fingerprint density at radius 3 is 2.00 bits per heavy atom. The van der Waals surface area contributed by atoms with Crippen LogP contribution < -0.4 is 0 Å². The molecule has 0 saturated heterocycles. The molecule has 0 aromatic rings. The maximum atomic E-state index is 11.7. The highest BCUT2D eigenvalue weighted by Gasteiger charge is 2.45. The summed E-state index contributed by atoms with van der Waals surface area (Å²) in [5.41, 5.74) is 0.924. The van der Waals surface area contributed by atoms with Crippen molar-refractivity contribution in [1.29, 1.82) is 0 Å². The SMILES string of the molecule is CC=C(CCCC)C(CC)(CC)P(=O)(O)O. The van der Waals surface area contributed by atoms with E-state index >= 15 is 0 Å². The van der Waals surface area contributed by atoms with Crippen molar-refractivity contribution in [2.75, 3.05) is 0 Å². The zero-order valence-corrected chi connectivity index (χ0v) is 11.8. The summed E-state index contributed by atoms with van der Waals surface area (Å²) in [4.78, 5) is 19.2. The molecule has 0 spiro atoms. The van der Waals surface area contributed by atoms with Crippen LogP contribution in [0, 0.1) is 0 Å². The average Bonchev–Trinajstić information content (AvgIpc) is 2.22. The Hall–Kier alpha value is -0.110. The molecule has 0 amide bonds. The van der Waals surface area contributed by atoms with Crippen molar-refractivity contribution in [3.8, 4) is 0 Å². The van der Waals surface area contributed by atoms with Crippen molar-refractivity contribution in [3.63, 3.8) is 0 Å². The number of hydrogen-bond acceptors (Lipinski definition) is 1. The van der Waals surface area contributed by atoms with Gasteiger partial charge in [0.1, 0.15) is 0 Å². The molecule has 0 aliphatic carbocycles. The van der Waals surface area contributed by atoms with Crippen LogP contribution in [-0.4, -0.2) is 14.9 Å². The third-order valence-electron chi connectivity index (χ3n) is 3.47. The van der Waals surface area contributed by atoms with Gasteiger partial charge in [-0.05, 0) is 32.6 Å². The van der Waals surface area contributed by atoms with Gasteiger partial charge in [0.25, 0.3) is 0 Å². The van der Waals surface area contributed by atoms with Crippen LogP contribution in [0.3, 0.4) is 0 Å². The molecule has 2 N–H and O–H groups in total. The van der Waals surface area contributed by atoms with E-state index < -0.39 is 12.8 Å². The second-order valence-electron chi connectivity index (χ2n) is 4.20. The number of allylic oxidation sites excluding steroid dienone is 2. The van der Waals surface area contributed by atoms with Crippen LogP contribution in [0.25, 0.3) is 0 Å². The molecular formula is C12H25O3P. The Bertz CT molecular complexity index is 274. The Kier molecular flexibility index (Phi) is 6.54. The molecule has 0 aromatic carbocycles. The first-order chi connectivity index (χ1) is 7.39. The van der Waals surface area contributed by atoms with Gasteiger partial charge in [-0.25, -0.2) is 0 Å². The number of rotatable bonds is 7. The smallest absolute Gasteiger partial charge is 0.324 e. The minimum atomic E-state index is -4.09. The summed E-state index contributed by atoms with van der Waals surface area (Å²) in [5, 5.41) is -0.934. The molecule has 16 heavy (non-hydrogen) atoms. The summed E-state index contributed by atoms with van der Waals surface area (Å²) in [7, 11) is -4.09. The van der Waals surface area contributed by atoms with Crippen molar-refractivity contribution in [2.24, 2.45) is 0 Å². The molecule has 0 heterocycles. The summed E-state index contributed by atoms with van der Waals surface area (Å²) >= 11 is 0. The van der Waals surface area contributed by atoms with Gasteiger partial charge in [-0.1, -0.05) is 38.8 Å². The maximum Gasteiger partial charge on any atom is 0.335 e. The minimum absolute atomic E-state index is 0.497. The summed E-state index contributed by atoms with van der Waals surface area (Å²) < 4.78 is 11.7. The van der Waals surface area contributed by atoms with E-state index in [0.29, 0.717) is 12.8 Å². The van der Waals surface area contributed by atoms with E-state index in [9.17, 15) is 14.4 Å². The van der Waals surface area contributed by atoms with E-state index in [4.69, 9.17) is 0 Å². The van der Waals surface area contributed by atoms with Crippen LogP contribution in [0.1, 0.15) is 59.8 Å². The summed E-state index contributed by atoms with van der Waals surface area (Å²) in [6.07, 6.45) is 5.71. The normalized spacial score (nSPS) is 14.2. The molecule has 0 saturated carbocycles. The molecule has 0 fully saturated rings. The largest absolute Gasteiger partial charge is 0.335 e. The van der Waals surface area contributed by atoms with E-state index in [-0.39, 0.29) is 0 Å². The van der Waals surface area contributed by atoms with Crippen LogP contribution in [-0.2, 0) is 4.57 Å². The van der Waals surface area contributed by atoms with Crippen LogP contribution in [0.15, 0.2) is 11.6 Å². The first kappa shape index (κ1) is 15.9. The zero-order chi connectivity index (χ0) is 12.8. The third-order valence-corrected chi connectivity index (χ3v) is 5.51. The molecule has 3 nitrogen and oxygen atoms in total. The van der Waals surface area contributed by atoms with Gasteiger partial charge in [-0.3, -0.25) is 4.57 Å². The predicted octanol–water partition coefficient (Wildman–Crippen LogP) is 3.86. The van der Waals surface area contributed by atoms with Crippen LogP contribution in [0.5, 0.6) is 0 Å². The molecule has 0 bridgehead atoms. The molecular weight excluding hydrogens is 223 g/mol. The lowest BCUT2D eigenvalue weighted by Gasteiger charge is -2.35. The van der Waals surface area contributed by atoms with Gasteiger partial charge < -0.3 is 9.79 Å². The molecule has 0 radical (unpaired) electrons.